The number of nitrogens with zero attached hydrogens (tertiary/aromatic N) is 3. The Labute approximate surface area is 170 Å². The summed E-state index contributed by atoms with van der Waals surface area (Å²) >= 11 is 0. The second kappa shape index (κ2) is 8.84. The van der Waals surface area contributed by atoms with Crippen LogP contribution in [0.15, 0.2) is 60.7 Å². The molecule has 2 heterocycles. The third-order valence-electron chi connectivity index (χ3n) is 5.00. The first-order chi connectivity index (χ1) is 14.2. The van der Waals surface area contributed by atoms with Crippen LogP contribution in [0.4, 0.5) is 5.82 Å². The van der Waals surface area contributed by atoms with Crippen LogP contribution in [0.2, 0.25) is 0 Å². The monoisotopic (exact) mass is 388 g/mol. The van der Waals surface area contributed by atoms with Crippen LogP contribution in [0.5, 0.6) is 0 Å². The summed E-state index contributed by atoms with van der Waals surface area (Å²) in [5.41, 5.74) is 3.67. The van der Waals surface area contributed by atoms with Crippen LogP contribution in [-0.4, -0.2) is 47.1 Å². The predicted molar refractivity (Wildman–Crippen MR) is 113 cm³/mol. The van der Waals surface area contributed by atoms with E-state index >= 15 is 0 Å². The maximum Gasteiger partial charge on any atom is 0.272 e. The molecule has 0 atom stereocenters. The minimum Gasteiger partial charge on any atom is -0.378 e. The molecule has 6 heteroatoms. The maximum absolute atomic E-state index is 13.0. The van der Waals surface area contributed by atoms with Gasteiger partial charge in [0.2, 0.25) is 0 Å². The Morgan fingerprint density at radius 2 is 1.76 bits per heavy atom. The summed E-state index contributed by atoms with van der Waals surface area (Å²) < 4.78 is 5.36. The van der Waals surface area contributed by atoms with Crippen molar-refractivity contribution in [2.75, 3.05) is 31.6 Å². The van der Waals surface area contributed by atoms with Gasteiger partial charge < -0.3 is 15.0 Å². The van der Waals surface area contributed by atoms with Crippen molar-refractivity contribution in [3.8, 4) is 11.4 Å². The molecule has 1 fully saturated rings. The highest BCUT2D eigenvalue weighted by molar-refractivity contribution is 5.93. The highest BCUT2D eigenvalue weighted by Gasteiger charge is 2.21. The van der Waals surface area contributed by atoms with Crippen LogP contribution in [0.1, 0.15) is 21.6 Å². The zero-order valence-corrected chi connectivity index (χ0v) is 16.5. The van der Waals surface area contributed by atoms with Crippen LogP contribution in [-0.2, 0) is 11.3 Å². The number of nitrogens with one attached hydrogen (secondary N) is 1. The topological polar surface area (TPSA) is 67.4 Å². The summed E-state index contributed by atoms with van der Waals surface area (Å²) in [4.78, 5) is 24.0. The largest absolute Gasteiger partial charge is 0.378 e. The number of carbonyl (C=O) groups is 1. The van der Waals surface area contributed by atoms with Gasteiger partial charge in [0.15, 0.2) is 5.82 Å². The molecule has 0 saturated carbocycles. The summed E-state index contributed by atoms with van der Waals surface area (Å²) in [5, 5.41) is 3.36. The average Bonchev–Trinajstić information content (AvgIpc) is 2.79. The highest BCUT2D eigenvalue weighted by atomic mass is 16.5. The fourth-order valence-corrected chi connectivity index (χ4v) is 3.29. The number of hydrogen-bond acceptors (Lipinski definition) is 5. The van der Waals surface area contributed by atoms with E-state index in [0.717, 1.165) is 5.56 Å². The number of hydrogen-bond donors (Lipinski definition) is 1. The van der Waals surface area contributed by atoms with E-state index in [1.54, 1.807) is 11.0 Å². The number of rotatable bonds is 5. The van der Waals surface area contributed by atoms with E-state index < -0.39 is 0 Å². The van der Waals surface area contributed by atoms with Crippen molar-refractivity contribution in [3.05, 3.63) is 77.5 Å². The van der Waals surface area contributed by atoms with Crippen molar-refractivity contribution in [3.63, 3.8) is 0 Å². The fraction of sp³-hybridized carbons (Fsp3) is 0.261. The van der Waals surface area contributed by atoms with Crippen molar-refractivity contribution in [2.24, 2.45) is 0 Å². The first-order valence-electron chi connectivity index (χ1n) is 9.80. The van der Waals surface area contributed by atoms with Crippen molar-refractivity contribution in [2.45, 2.75) is 13.5 Å². The van der Waals surface area contributed by atoms with Crippen molar-refractivity contribution < 1.29 is 9.53 Å². The summed E-state index contributed by atoms with van der Waals surface area (Å²) in [6.07, 6.45) is 0. The molecule has 0 radical (unpaired) electrons. The van der Waals surface area contributed by atoms with E-state index in [9.17, 15) is 4.79 Å². The zero-order chi connectivity index (χ0) is 20.1. The number of aryl methyl sites for hydroxylation is 1. The molecule has 6 nitrogen and oxygen atoms in total. The average molecular weight is 388 g/mol. The molecule has 148 valence electrons. The van der Waals surface area contributed by atoms with Gasteiger partial charge in [-0.25, -0.2) is 9.97 Å². The Bertz CT molecular complexity index is 985. The Morgan fingerprint density at radius 3 is 2.52 bits per heavy atom. The van der Waals surface area contributed by atoms with Gasteiger partial charge in [0.05, 0.1) is 13.2 Å². The number of morpholine rings is 1. The molecule has 0 bridgehead atoms. The number of benzene rings is 2. The van der Waals surface area contributed by atoms with Crippen molar-refractivity contribution in [1.29, 1.82) is 0 Å². The lowest BCUT2D eigenvalue weighted by Crippen LogP contribution is -2.41. The first-order valence-corrected chi connectivity index (χ1v) is 9.80. The van der Waals surface area contributed by atoms with Gasteiger partial charge in [-0.2, -0.15) is 0 Å². The van der Waals surface area contributed by atoms with Crippen LogP contribution < -0.4 is 5.32 Å². The molecule has 0 spiro atoms. The van der Waals surface area contributed by atoms with E-state index in [-0.39, 0.29) is 5.91 Å². The SMILES string of the molecule is Cc1ccccc1CNc1cc(C(=O)N2CCOCC2)nc(-c2ccccc2)n1. The van der Waals surface area contributed by atoms with Gasteiger partial charge >= 0.3 is 0 Å². The van der Waals surface area contributed by atoms with Gasteiger partial charge in [0.25, 0.3) is 5.91 Å². The molecule has 1 aliphatic rings. The third-order valence-corrected chi connectivity index (χ3v) is 5.00. The predicted octanol–water partition coefficient (Wildman–Crippen LogP) is 3.54. The van der Waals surface area contributed by atoms with Gasteiger partial charge in [-0.15, -0.1) is 0 Å². The molecule has 1 aliphatic heterocycles. The van der Waals surface area contributed by atoms with Gasteiger partial charge in [-0.05, 0) is 18.1 Å². The minimum absolute atomic E-state index is 0.0909. The van der Waals surface area contributed by atoms with E-state index in [1.807, 2.05) is 42.5 Å². The lowest BCUT2D eigenvalue weighted by Gasteiger charge is -2.26. The molecule has 1 amide bonds. The smallest absolute Gasteiger partial charge is 0.272 e. The van der Waals surface area contributed by atoms with Gasteiger partial charge in [0, 0.05) is 31.3 Å². The van der Waals surface area contributed by atoms with Gasteiger partial charge in [-0.3, -0.25) is 4.79 Å². The molecule has 2 aromatic carbocycles. The van der Waals surface area contributed by atoms with E-state index in [0.29, 0.717) is 50.2 Å². The molecule has 1 saturated heterocycles. The van der Waals surface area contributed by atoms with E-state index in [4.69, 9.17) is 4.74 Å². The molecule has 0 unspecified atom stereocenters. The molecular weight excluding hydrogens is 364 g/mol. The molecule has 0 aliphatic carbocycles. The number of ether oxygens (including phenoxy) is 1. The number of anilines is 1. The lowest BCUT2D eigenvalue weighted by atomic mass is 10.1. The molecular formula is C23H24N4O2. The molecule has 29 heavy (non-hydrogen) atoms. The standard InChI is InChI=1S/C23H24N4O2/c1-17-7-5-6-10-19(17)16-24-21-15-20(23(28)27-11-13-29-14-12-27)25-22(26-21)18-8-3-2-4-9-18/h2-10,15H,11-14,16H2,1H3,(H,24,25,26). The lowest BCUT2D eigenvalue weighted by molar-refractivity contribution is 0.0299. The zero-order valence-electron chi connectivity index (χ0n) is 16.5. The number of aromatic nitrogens is 2. The molecule has 1 N–H and O–H groups in total. The van der Waals surface area contributed by atoms with Gasteiger partial charge in [0.1, 0.15) is 11.5 Å². The maximum atomic E-state index is 13.0. The normalized spacial score (nSPS) is 13.9. The summed E-state index contributed by atoms with van der Waals surface area (Å²) in [7, 11) is 0. The van der Waals surface area contributed by atoms with Crippen LogP contribution in [0.3, 0.4) is 0 Å². The molecule has 1 aromatic heterocycles. The summed E-state index contributed by atoms with van der Waals surface area (Å²) in [6, 6.07) is 19.7. The number of carbonyl (C=O) groups excluding carboxylic acids is 1. The third kappa shape index (κ3) is 4.60. The molecule has 3 aromatic rings. The second-order valence-electron chi connectivity index (χ2n) is 7.01. The van der Waals surface area contributed by atoms with Crippen molar-refractivity contribution in [1.82, 2.24) is 14.9 Å². The van der Waals surface area contributed by atoms with Gasteiger partial charge in [-0.1, -0.05) is 54.6 Å². The number of amides is 1. The highest BCUT2D eigenvalue weighted by Crippen LogP contribution is 2.20. The molecule has 4 rings (SSSR count). The Hall–Kier alpha value is -3.25. The van der Waals surface area contributed by atoms with Crippen LogP contribution in [0, 0.1) is 6.92 Å². The van der Waals surface area contributed by atoms with Crippen LogP contribution in [0.25, 0.3) is 11.4 Å². The van der Waals surface area contributed by atoms with Crippen molar-refractivity contribution >= 4 is 11.7 Å². The summed E-state index contributed by atoms with van der Waals surface area (Å²) in [6.45, 7) is 4.98. The quantitative estimate of drug-likeness (QED) is 0.724. The van der Waals surface area contributed by atoms with E-state index in [1.165, 1.54) is 11.1 Å². The van der Waals surface area contributed by atoms with Crippen LogP contribution >= 0.6 is 0 Å². The fourth-order valence-electron chi connectivity index (χ4n) is 3.29. The Kier molecular flexibility index (Phi) is 5.81. The first kappa shape index (κ1) is 19.1. The second-order valence-corrected chi connectivity index (χ2v) is 7.01. The minimum atomic E-state index is -0.0909. The Morgan fingerprint density at radius 1 is 1.03 bits per heavy atom. The summed E-state index contributed by atoms with van der Waals surface area (Å²) in [5.74, 6) is 1.09. The van der Waals surface area contributed by atoms with E-state index in [2.05, 4.69) is 34.3 Å². The Balaban J connectivity index is 1.64.